The topological polar surface area (TPSA) is 41.5 Å². The van der Waals surface area contributed by atoms with E-state index in [-0.39, 0.29) is 5.75 Å². The number of hydrogen-bond donors (Lipinski definition) is 2. The molecule has 0 saturated heterocycles. The van der Waals surface area contributed by atoms with Crippen LogP contribution < -0.4 is 10.1 Å². The van der Waals surface area contributed by atoms with Crippen molar-refractivity contribution in [2.75, 3.05) is 6.61 Å². The van der Waals surface area contributed by atoms with Gasteiger partial charge in [0.1, 0.15) is 0 Å². The molecule has 100 valence electrons. The molecule has 0 spiro atoms. The maximum Gasteiger partial charge on any atom is 0.161 e. The standard InChI is InChI=1S/C15H23NO2/c1-3-18-15-9-12(7-8-14(15)17)10-16-11(2)13-5-4-6-13/h7-9,11,13,16-17H,3-6,10H2,1-2H3. The maximum absolute atomic E-state index is 9.63. The van der Waals surface area contributed by atoms with E-state index in [1.807, 2.05) is 19.1 Å². The van der Waals surface area contributed by atoms with Gasteiger partial charge in [0.2, 0.25) is 0 Å². The molecule has 1 aromatic rings. The maximum atomic E-state index is 9.63. The van der Waals surface area contributed by atoms with Gasteiger partial charge in [0.05, 0.1) is 6.61 Å². The Balaban J connectivity index is 1.90. The van der Waals surface area contributed by atoms with Crippen molar-refractivity contribution in [1.29, 1.82) is 0 Å². The summed E-state index contributed by atoms with van der Waals surface area (Å²) in [6, 6.07) is 6.14. The van der Waals surface area contributed by atoms with Gasteiger partial charge in [0.15, 0.2) is 11.5 Å². The second-order valence-electron chi connectivity index (χ2n) is 5.10. The summed E-state index contributed by atoms with van der Waals surface area (Å²) in [6.07, 6.45) is 4.09. The quantitative estimate of drug-likeness (QED) is 0.814. The van der Waals surface area contributed by atoms with Crippen molar-refractivity contribution >= 4 is 0 Å². The number of hydrogen-bond acceptors (Lipinski definition) is 3. The van der Waals surface area contributed by atoms with Gasteiger partial charge < -0.3 is 15.2 Å². The van der Waals surface area contributed by atoms with E-state index in [2.05, 4.69) is 12.2 Å². The lowest BCUT2D eigenvalue weighted by atomic mass is 9.80. The fraction of sp³-hybridized carbons (Fsp3) is 0.600. The summed E-state index contributed by atoms with van der Waals surface area (Å²) in [5.41, 5.74) is 1.16. The molecule has 0 radical (unpaired) electrons. The predicted molar refractivity (Wildman–Crippen MR) is 72.9 cm³/mol. The SMILES string of the molecule is CCOc1cc(CNC(C)C2CCC2)ccc1O. The van der Waals surface area contributed by atoms with Gasteiger partial charge in [-0.1, -0.05) is 12.5 Å². The highest BCUT2D eigenvalue weighted by Gasteiger charge is 2.23. The molecule has 0 amide bonds. The molecule has 3 nitrogen and oxygen atoms in total. The van der Waals surface area contributed by atoms with E-state index < -0.39 is 0 Å². The summed E-state index contributed by atoms with van der Waals surface area (Å²) in [5.74, 6) is 1.63. The first-order valence-corrected chi connectivity index (χ1v) is 6.88. The van der Waals surface area contributed by atoms with Crippen LogP contribution in [0, 0.1) is 5.92 Å². The van der Waals surface area contributed by atoms with Crippen LogP contribution in [0.2, 0.25) is 0 Å². The van der Waals surface area contributed by atoms with Gasteiger partial charge in [-0.15, -0.1) is 0 Å². The molecule has 18 heavy (non-hydrogen) atoms. The van der Waals surface area contributed by atoms with Crippen molar-refractivity contribution in [2.45, 2.75) is 45.7 Å². The molecule has 1 aromatic carbocycles. The van der Waals surface area contributed by atoms with Crippen molar-refractivity contribution in [3.63, 3.8) is 0 Å². The lowest BCUT2D eigenvalue weighted by Crippen LogP contribution is -2.36. The summed E-state index contributed by atoms with van der Waals surface area (Å²) in [5, 5.41) is 13.2. The molecular weight excluding hydrogens is 226 g/mol. The van der Waals surface area contributed by atoms with Crippen LogP contribution in [0.5, 0.6) is 11.5 Å². The van der Waals surface area contributed by atoms with E-state index in [9.17, 15) is 5.11 Å². The largest absolute Gasteiger partial charge is 0.504 e. The number of phenolic OH excluding ortho intramolecular Hbond substituents is 1. The van der Waals surface area contributed by atoms with Crippen LogP contribution in [0.4, 0.5) is 0 Å². The molecule has 0 heterocycles. The van der Waals surface area contributed by atoms with E-state index in [4.69, 9.17) is 4.74 Å². The number of benzene rings is 1. The lowest BCUT2D eigenvalue weighted by Gasteiger charge is -2.32. The zero-order valence-electron chi connectivity index (χ0n) is 11.3. The molecule has 1 atom stereocenters. The minimum Gasteiger partial charge on any atom is -0.504 e. The average molecular weight is 249 g/mol. The zero-order valence-corrected chi connectivity index (χ0v) is 11.3. The van der Waals surface area contributed by atoms with Crippen LogP contribution in [-0.4, -0.2) is 17.8 Å². The smallest absolute Gasteiger partial charge is 0.161 e. The molecule has 1 aliphatic rings. The van der Waals surface area contributed by atoms with E-state index in [1.54, 1.807) is 6.07 Å². The van der Waals surface area contributed by atoms with E-state index >= 15 is 0 Å². The van der Waals surface area contributed by atoms with E-state index in [0.29, 0.717) is 18.4 Å². The molecule has 0 aliphatic heterocycles. The summed E-state index contributed by atoms with van der Waals surface area (Å²) in [4.78, 5) is 0. The molecule has 0 aromatic heterocycles. The number of rotatable bonds is 6. The third kappa shape index (κ3) is 3.16. The van der Waals surface area contributed by atoms with Crippen LogP contribution in [-0.2, 0) is 6.54 Å². The minimum atomic E-state index is 0.215. The van der Waals surface area contributed by atoms with Gasteiger partial charge in [-0.2, -0.15) is 0 Å². The van der Waals surface area contributed by atoms with Crippen molar-refractivity contribution in [3.05, 3.63) is 23.8 Å². The molecule has 1 unspecified atom stereocenters. The molecular formula is C15H23NO2. The highest BCUT2D eigenvalue weighted by molar-refractivity contribution is 5.41. The highest BCUT2D eigenvalue weighted by atomic mass is 16.5. The predicted octanol–water partition coefficient (Wildman–Crippen LogP) is 3.07. The Morgan fingerprint density at radius 2 is 2.22 bits per heavy atom. The molecule has 2 rings (SSSR count). The molecule has 1 aliphatic carbocycles. The number of nitrogens with one attached hydrogen (secondary N) is 1. The minimum absolute atomic E-state index is 0.215. The Bertz CT molecular complexity index is 388. The second-order valence-corrected chi connectivity index (χ2v) is 5.10. The van der Waals surface area contributed by atoms with Crippen molar-refractivity contribution in [2.24, 2.45) is 5.92 Å². The Morgan fingerprint density at radius 1 is 1.44 bits per heavy atom. The van der Waals surface area contributed by atoms with Gasteiger partial charge in [-0.3, -0.25) is 0 Å². The first-order chi connectivity index (χ1) is 8.70. The molecule has 1 fully saturated rings. The molecule has 0 bridgehead atoms. The van der Waals surface area contributed by atoms with Gasteiger partial charge >= 0.3 is 0 Å². The van der Waals surface area contributed by atoms with Gasteiger partial charge in [0.25, 0.3) is 0 Å². The summed E-state index contributed by atoms with van der Waals surface area (Å²) in [6.45, 7) is 5.58. The first kappa shape index (κ1) is 13.2. The Hall–Kier alpha value is -1.22. The summed E-state index contributed by atoms with van der Waals surface area (Å²) >= 11 is 0. The Morgan fingerprint density at radius 3 is 2.83 bits per heavy atom. The normalized spacial score (nSPS) is 17.2. The molecule has 3 heteroatoms. The Labute approximate surface area is 109 Å². The Kier molecular flexibility index (Phi) is 4.48. The van der Waals surface area contributed by atoms with E-state index in [0.717, 1.165) is 18.0 Å². The van der Waals surface area contributed by atoms with Crippen LogP contribution >= 0.6 is 0 Å². The zero-order chi connectivity index (χ0) is 13.0. The number of aromatic hydroxyl groups is 1. The molecule has 2 N–H and O–H groups in total. The van der Waals surface area contributed by atoms with Crippen molar-refractivity contribution in [1.82, 2.24) is 5.32 Å². The number of phenols is 1. The van der Waals surface area contributed by atoms with Gasteiger partial charge in [0, 0.05) is 12.6 Å². The average Bonchev–Trinajstić information content (AvgIpc) is 2.28. The van der Waals surface area contributed by atoms with Crippen LogP contribution in [0.25, 0.3) is 0 Å². The van der Waals surface area contributed by atoms with Crippen LogP contribution in [0.15, 0.2) is 18.2 Å². The van der Waals surface area contributed by atoms with Crippen LogP contribution in [0.3, 0.4) is 0 Å². The molecule has 1 saturated carbocycles. The van der Waals surface area contributed by atoms with Gasteiger partial charge in [-0.05, 0) is 50.3 Å². The summed E-state index contributed by atoms with van der Waals surface area (Å²) < 4.78 is 5.39. The number of ether oxygens (including phenoxy) is 1. The third-order valence-electron chi connectivity index (χ3n) is 3.81. The lowest BCUT2D eigenvalue weighted by molar-refractivity contribution is 0.240. The highest BCUT2D eigenvalue weighted by Crippen LogP contribution is 2.30. The van der Waals surface area contributed by atoms with Gasteiger partial charge in [-0.25, -0.2) is 0 Å². The fourth-order valence-electron chi connectivity index (χ4n) is 2.32. The second kappa shape index (κ2) is 6.10. The third-order valence-corrected chi connectivity index (χ3v) is 3.81. The first-order valence-electron chi connectivity index (χ1n) is 6.88. The monoisotopic (exact) mass is 249 g/mol. The van der Waals surface area contributed by atoms with Crippen molar-refractivity contribution in [3.8, 4) is 11.5 Å². The van der Waals surface area contributed by atoms with Crippen LogP contribution in [0.1, 0.15) is 38.7 Å². The summed E-state index contributed by atoms with van der Waals surface area (Å²) in [7, 11) is 0. The fourth-order valence-corrected chi connectivity index (χ4v) is 2.32. The van der Waals surface area contributed by atoms with Crippen molar-refractivity contribution < 1.29 is 9.84 Å². The van der Waals surface area contributed by atoms with E-state index in [1.165, 1.54) is 19.3 Å².